The van der Waals surface area contributed by atoms with Gasteiger partial charge in [-0.2, -0.15) is 25.3 Å². The quantitative estimate of drug-likeness (QED) is 0.657. The summed E-state index contributed by atoms with van der Waals surface area (Å²) < 4.78 is 0. The summed E-state index contributed by atoms with van der Waals surface area (Å²) in [5, 5.41) is 0. The molecule has 5 heteroatoms. The Morgan fingerprint density at radius 3 is 1.35 bits per heavy atom. The third kappa shape index (κ3) is 4.98. The molecule has 2 aromatic rings. The number of aryl methyl sites for hydroxylation is 2. The first-order valence-corrected chi connectivity index (χ1v) is 10.4. The molecule has 0 unspecified atom stereocenters. The van der Waals surface area contributed by atoms with Gasteiger partial charge in [-0.1, -0.05) is 48.5 Å². The predicted octanol–water partition coefficient (Wildman–Crippen LogP) is 4.07. The van der Waals surface area contributed by atoms with Crippen LogP contribution in [0, 0.1) is 0 Å². The summed E-state index contributed by atoms with van der Waals surface area (Å²) in [5.41, 5.74) is 4.94. The molecule has 2 amide bonds. The average Bonchev–Trinajstić information content (AvgIpc) is 2.99. The van der Waals surface area contributed by atoms with Crippen LogP contribution in [0.25, 0.3) is 0 Å². The minimum absolute atomic E-state index is 0.129. The molecule has 0 saturated carbocycles. The van der Waals surface area contributed by atoms with Crippen LogP contribution in [0.1, 0.15) is 22.3 Å². The lowest BCUT2D eigenvalue weighted by Crippen LogP contribution is -2.31. The molecule has 3 nitrogen and oxygen atoms in total. The molecule has 0 atom stereocenters. The van der Waals surface area contributed by atoms with Crippen molar-refractivity contribution >= 4 is 31.3 Å². The molecule has 1 aliphatic rings. The Labute approximate surface area is 167 Å². The Morgan fingerprint density at radius 2 is 1.00 bits per heavy atom. The first-order chi connectivity index (χ1) is 12.7. The van der Waals surface area contributed by atoms with E-state index in [1.807, 2.05) is 9.80 Å². The fourth-order valence-corrected chi connectivity index (χ4v) is 3.76. The highest BCUT2D eigenvalue weighted by atomic mass is 32.1. The van der Waals surface area contributed by atoms with Gasteiger partial charge >= 0.3 is 6.03 Å². The Balaban J connectivity index is 1.55. The Bertz CT molecular complexity index is 654. The molecule has 1 fully saturated rings. The third-order valence-corrected chi connectivity index (χ3v) is 5.22. The van der Waals surface area contributed by atoms with E-state index in [0.717, 1.165) is 37.4 Å². The monoisotopic (exact) mass is 386 g/mol. The first-order valence-electron chi connectivity index (χ1n) is 9.11. The van der Waals surface area contributed by atoms with Crippen molar-refractivity contribution in [3.05, 3.63) is 70.8 Å². The van der Waals surface area contributed by atoms with Crippen molar-refractivity contribution < 1.29 is 4.79 Å². The van der Waals surface area contributed by atoms with E-state index in [2.05, 4.69) is 73.8 Å². The fourth-order valence-electron chi connectivity index (χ4n) is 3.25. The number of hydrogen-bond acceptors (Lipinski definition) is 3. The molecule has 1 heterocycles. The van der Waals surface area contributed by atoms with E-state index < -0.39 is 0 Å². The first kappa shape index (κ1) is 19.2. The van der Waals surface area contributed by atoms with E-state index >= 15 is 0 Å². The number of carbonyl (C=O) groups is 1. The molecule has 0 N–H and O–H groups in total. The third-order valence-electron chi connectivity index (χ3n) is 4.77. The number of carbonyl (C=O) groups excluding carboxylic acids is 1. The maximum absolute atomic E-state index is 12.7. The number of nitrogens with zero attached hydrogens (tertiary/aromatic N) is 2. The molecule has 0 radical (unpaired) electrons. The van der Waals surface area contributed by atoms with Gasteiger partial charge in [0.05, 0.1) is 0 Å². The van der Waals surface area contributed by atoms with E-state index in [1.54, 1.807) is 0 Å². The highest BCUT2D eigenvalue weighted by Gasteiger charge is 2.28. The van der Waals surface area contributed by atoms with Crippen LogP contribution in [0.15, 0.2) is 48.5 Å². The van der Waals surface area contributed by atoms with Crippen molar-refractivity contribution in [3.8, 4) is 0 Å². The zero-order valence-corrected chi connectivity index (χ0v) is 16.8. The Hall–Kier alpha value is -1.59. The van der Waals surface area contributed by atoms with Gasteiger partial charge in [0.15, 0.2) is 0 Å². The molecule has 26 heavy (non-hydrogen) atoms. The van der Waals surface area contributed by atoms with Crippen molar-refractivity contribution in [3.63, 3.8) is 0 Å². The molecule has 0 aliphatic carbocycles. The van der Waals surface area contributed by atoms with Crippen LogP contribution in [0.4, 0.5) is 4.79 Å². The lowest BCUT2D eigenvalue weighted by Gasteiger charge is -2.19. The van der Waals surface area contributed by atoms with E-state index in [9.17, 15) is 4.79 Å². The van der Waals surface area contributed by atoms with Crippen LogP contribution in [0.5, 0.6) is 0 Å². The second kappa shape index (κ2) is 9.38. The predicted molar refractivity (Wildman–Crippen MR) is 114 cm³/mol. The van der Waals surface area contributed by atoms with Gasteiger partial charge in [0.25, 0.3) is 0 Å². The maximum atomic E-state index is 12.7. The molecule has 2 aromatic carbocycles. The zero-order valence-electron chi connectivity index (χ0n) is 15.0. The van der Waals surface area contributed by atoms with Crippen LogP contribution in [0.3, 0.4) is 0 Å². The zero-order chi connectivity index (χ0) is 18.4. The van der Waals surface area contributed by atoms with E-state index in [1.165, 1.54) is 22.3 Å². The van der Waals surface area contributed by atoms with Gasteiger partial charge in [0.2, 0.25) is 0 Å². The highest BCUT2D eigenvalue weighted by Crippen LogP contribution is 2.17. The number of urea groups is 1. The van der Waals surface area contributed by atoms with Crippen LogP contribution in [0.2, 0.25) is 0 Å². The average molecular weight is 387 g/mol. The van der Waals surface area contributed by atoms with Gasteiger partial charge in [0, 0.05) is 26.2 Å². The summed E-state index contributed by atoms with van der Waals surface area (Å²) in [6.45, 7) is 2.93. The van der Waals surface area contributed by atoms with Gasteiger partial charge in [-0.3, -0.25) is 0 Å². The second-order valence-electron chi connectivity index (χ2n) is 6.71. The smallest absolute Gasteiger partial charge is 0.319 e. The summed E-state index contributed by atoms with van der Waals surface area (Å²) in [5.74, 6) is 1.71. The van der Waals surface area contributed by atoms with E-state index in [4.69, 9.17) is 0 Å². The summed E-state index contributed by atoms with van der Waals surface area (Å²) in [6.07, 6.45) is 1.96. The molecule has 138 valence electrons. The molecule has 1 aliphatic heterocycles. The standard InChI is InChI=1S/C21H26N2OS2/c24-21-22(15-19-5-1-17(2-6-19)9-13-25)11-12-23(21)16-20-7-3-18(4-8-20)10-14-26/h1-8,25-26H,9-16H2. The molecule has 0 bridgehead atoms. The van der Waals surface area contributed by atoms with Crippen molar-refractivity contribution in [2.75, 3.05) is 24.6 Å². The van der Waals surface area contributed by atoms with Crippen LogP contribution in [-0.2, 0) is 25.9 Å². The van der Waals surface area contributed by atoms with Crippen LogP contribution in [-0.4, -0.2) is 40.4 Å². The SMILES string of the molecule is O=C1N(Cc2ccc(CCS)cc2)CCN1Cc1ccc(CCS)cc1. The van der Waals surface area contributed by atoms with Gasteiger partial charge in [-0.15, -0.1) is 0 Å². The fraction of sp³-hybridized carbons (Fsp3) is 0.381. The topological polar surface area (TPSA) is 23.6 Å². The Kier molecular flexibility index (Phi) is 6.92. The summed E-state index contributed by atoms with van der Waals surface area (Å²) in [4.78, 5) is 16.6. The minimum atomic E-state index is 0.129. The van der Waals surface area contributed by atoms with Crippen molar-refractivity contribution in [1.29, 1.82) is 0 Å². The number of benzene rings is 2. The molecular weight excluding hydrogens is 360 g/mol. The molecule has 0 spiro atoms. The highest BCUT2D eigenvalue weighted by molar-refractivity contribution is 7.80. The summed E-state index contributed by atoms with van der Waals surface area (Å²) in [6, 6.07) is 17.1. The van der Waals surface area contributed by atoms with Crippen molar-refractivity contribution in [2.24, 2.45) is 0 Å². The molecular formula is C21H26N2OS2. The number of amides is 2. The minimum Gasteiger partial charge on any atom is -0.319 e. The number of thiol groups is 2. The molecule has 0 aromatic heterocycles. The van der Waals surface area contributed by atoms with Crippen molar-refractivity contribution in [2.45, 2.75) is 25.9 Å². The van der Waals surface area contributed by atoms with Crippen LogP contribution >= 0.6 is 25.3 Å². The Morgan fingerprint density at radius 1 is 0.654 bits per heavy atom. The van der Waals surface area contributed by atoms with Crippen molar-refractivity contribution in [1.82, 2.24) is 9.80 Å². The van der Waals surface area contributed by atoms with Gasteiger partial charge in [-0.05, 0) is 46.6 Å². The van der Waals surface area contributed by atoms with Gasteiger partial charge in [-0.25, -0.2) is 4.79 Å². The van der Waals surface area contributed by atoms with E-state index in [-0.39, 0.29) is 6.03 Å². The molecule has 1 saturated heterocycles. The summed E-state index contributed by atoms with van der Waals surface area (Å²) >= 11 is 8.54. The number of rotatable bonds is 8. The number of hydrogen-bond donors (Lipinski definition) is 2. The van der Waals surface area contributed by atoms with E-state index in [0.29, 0.717) is 13.1 Å². The second-order valence-corrected chi connectivity index (χ2v) is 7.60. The van der Waals surface area contributed by atoms with Crippen LogP contribution < -0.4 is 0 Å². The lowest BCUT2D eigenvalue weighted by molar-refractivity contribution is 0.189. The normalized spacial score (nSPS) is 14.3. The van der Waals surface area contributed by atoms with Gasteiger partial charge in [0.1, 0.15) is 0 Å². The largest absolute Gasteiger partial charge is 0.320 e. The lowest BCUT2D eigenvalue weighted by atomic mass is 10.1. The maximum Gasteiger partial charge on any atom is 0.320 e. The van der Waals surface area contributed by atoms with Gasteiger partial charge < -0.3 is 9.80 Å². The summed E-state index contributed by atoms with van der Waals surface area (Å²) in [7, 11) is 0. The molecule has 3 rings (SSSR count).